The summed E-state index contributed by atoms with van der Waals surface area (Å²) in [6, 6.07) is 43.4. The third kappa shape index (κ3) is 4.86. The second kappa shape index (κ2) is 11.7. The summed E-state index contributed by atoms with van der Waals surface area (Å²) in [5.74, 6) is 1.91. The first-order valence-corrected chi connectivity index (χ1v) is 17.1. The molecule has 0 amide bonds. The zero-order chi connectivity index (χ0) is 32.0. The van der Waals surface area contributed by atoms with Crippen LogP contribution in [0.15, 0.2) is 146 Å². The van der Waals surface area contributed by atoms with Crippen molar-refractivity contribution in [3.05, 3.63) is 169 Å². The summed E-state index contributed by atoms with van der Waals surface area (Å²) in [4.78, 5) is 12.5. The molecule has 0 bridgehead atoms. The first kappa shape index (κ1) is 28.3. The Morgan fingerprint density at radius 1 is 0.542 bits per heavy atom. The molecule has 4 nitrogen and oxygen atoms in total. The maximum Gasteiger partial charge on any atom is 0.188 e. The molecule has 0 aliphatic carbocycles. The molecule has 0 N–H and O–H groups in total. The summed E-state index contributed by atoms with van der Waals surface area (Å²) < 4.78 is 2.34. The highest BCUT2D eigenvalue weighted by molar-refractivity contribution is 7.97. The van der Waals surface area contributed by atoms with E-state index in [1.807, 2.05) is 60.8 Å². The van der Waals surface area contributed by atoms with E-state index < -0.39 is 0 Å². The SMILES string of the molecule is [C-]#[N+]c1ccc2c(c1)c1ccccc1n2-c1ccc2c(c1)-c1ccc(-c3cc(-c4cccnc4)cc(-c4cccnc4)c3)cc1CSC2. The number of aromatic nitrogens is 3. The largest absolute Gasteiger partial charge is 0.309 e. The average Bonchev–Trinajstić information content (AvgIpc) is 3.37. The summed E-state index contributed by atoms with van der Waals surface area (Å²) >= 11 is 1.97. The molecule has 5 heteroatoms. The van der Waals surface area contributed by atoms with Crippen molar-refractivity contribution in [3.8, 4) is 50.2 Å². The minimum atomic E-state index is 0.660. The van der Waals surface area contributed by atoms with Gasteiger partial charge in [0.1, 0.15) is 0 Å². The van der Waals surface area contributed by atoms with E-state index in [0.29, 0.717) is 5.69 Å². The molecule has 9 rings (SSSR count). The van der Waals surface area contributed by atoms with Gasteiger partial charge in [0.15, 0.2) is 5.69 Å². The molecule has 0 unspecified atom stereocenters. The Morgan fingerprint density at radius 3 is 1.98 bits per heavy atom. The number of nitrogens with zero attached hydrogens (tertiary/aromatic N) is 4. The van der Waals surface area contributed by atoms with Crippen LogP contribution in [0.25, 0.3) is 76.8 Å². The van der Waals surface area contributed by atoms with Crippen LogP contribution >= 0.6 is 11.8 Å². The maximum atomic E-state index is 7.57. The van der Waals surface area contributed by atoms with Crippen molar-refractivity contribution in [2.45, 2.75) is 11.5 Å². The van der Waals surface area contributed by atoms with E-state index in [1.165, 1.54) is 33.4 Å². The molecule has 3 aromatic heterocycles. The smallest absolute Gasteiger partial charge is 0.188 e. The van der Waals surface area contributed by atoms with Gasteiger partial charge in [0, 0.05) is 58.5 Å². The van der Waals surface area contributed by atoms with Crippen molar-refractivity contribution in [1.82, 2.24) is 14.5 Å². The molecule has 0 fully saturated rings. The van der Waals surface area contributed by atoms with Gasteiger partial charge in [0.2, 0.25) is 0 Å². The Labute approximate surface area is 283 Å². The Morgan fingerprint density at radius 2 is 1.25 bits per heavy atom. The Hall–Kier alpha value is -5.96. The molecule has 0 saturated carbocycles. The van der Waals surface area contributed by atoms with Crippen LogP contribution in [0, 0.1) is 6.57 Å². The molecule has 48 heavy (non-hydrogen) atoms. The van der Waals surface area contributed by atoms with E-state index in [1.54, 1.807) is 0 Å². The van der Waals surface area contributed by atoms with E-state index in [4.69, 9.17) is 6.57 Å². The lowest BCUT2D eigenvalue weighted by molar-refractivity contribution is 1.17. The molecule has 0 radical (unpaired) electrons. The number of rotatable bonds is 4. The van der Waals surface area contributed by atoms with Crippen LogP contribution in [0.3, 0.4) is 0 Å². The topological polar surface area (TPSA) is 35.1 Å². The number of hydrogen-bond acceptors (Lipinski definition) is 3. The fourth-order valence-electron chi connectivity index (χ4n) is 7.01. The lowest BCUT2D eigenvalue weighted by Gasteiger charge is -2.16. The molecular weight excluding hydrogens is 605 g/mol. The zero-order valence-corrected chi connectivity index (χ0v) is 26.8. The van der Waals surface area contributed by atoms with Gasteiger partial charge in [-0.1, -0.05) is 54.6 Å². The second-order valence-electron chi connectivity index (χ2n) is 12.2. The highest BCUT2D eigenvalue weighted by atomic mass is 32.2. The van der Waals surface area contributed by atoms with Gasteiger partial charge in [-0.05, 0) is 117 Å². The van der Waals surface area contributed by atoms with Crippen molar-refractivity contribution < 1.29 is 0 Å². The van der Waals surface area contributed by atoms with Crippen molar-refractivity contribution >= 4 is 39.3 Å². The first-order chi connectivity index (χ1) is 23.7. The Bertz CT molecular complexity index is 2490. The predicted octanol–water partition coefficient (Wildman–Crippen LogP) is 11.5. The molecule has 0 spiro atoms. The molecule has 5 aromatic carbocycles. The highest BCUT2D eigenvalue weighted by Gasteiger charge is 2.19. The number of fused-ring (bicyclic) bond motifs is 6. The second-order valence-corrected chi connectivity index (χ2v) is 13.1. The Balaban J connectivity index is 1.18. The van der Waals surface area contributed by atoms with Crippen LogP contribution in [0.1, 0.15) is 11.1 Å². The predicted molar refractivity (Wildman–Crippen MR) is 199 cm³/mol. The van der Waals surface area contributed by atoms with E-state index in [9.17, 15) is 0 Å². The third-order valence-corrected chi connectivity index (χ3v) is 10.3. The molecule has 1 aliphatic rings. The molecular formula is C43H28N4S. The Kier molecular flexibility index (Phi) is 6.88. The highest BCUT2D eigenvalue weighted by Crippen LogP contribution is 2.42. The van der Waals surface area contributed by atoms with Gasteiger partial charge in [0.25, 0.3) is 0 Å². The van der Waals surface area contributed by atoms with E-state index in [0.717, 1.165) is 61.3 Å². The van der Waals surface area contributed by atoms with Crippen LogP contribution in [0.5, 0.6) is 0 Å². The standard InChI is InChI=1S/C43H28N4S/c1-44-36-12-15-43-41(22-36)39-8-2-3-9-42(39)47(43)37-13-10-31-26-48-27-35-18-28(11-14-38(35)40(31)23-37)32-19-33(29-6-4-16-45-24-29)21-34(20-32)30-7-5-17-46-25-30/h2-25H,26-27H2. The van der Waals surface area contributed by atoms with E-state index >= 15 is 0 Å². The lowest BCUT2D eigenvalue weighted by Crippen LogP contribution is -1.97. The van der Waals surface area contributed by atoms with Crippen LogP contribution < -0.4 is 0 Å². The van der Waals surface area contributed by atoms with Gasteiger partial charge in [-0.2, -0.15) is 11.8 Å². The van der Waals surface area contributed by atoms with Crippen LogP contribution in [0.2, 0.25) is 0 Å². The number of hydrogen-bond donors (Lipinski definition) is 0. The minimum Gasteiger partial charge on any atom is -0.309 e. The summed E-state index contributed by atoms with van der Waals surface area (Å²) in [6.07, 6.45) is 7.48. The van der Waals surface area contributed by atoms with E-state index in [2.05, 4.69) is 116 Å². The molecule has 1 aliphatic heterocycles. The van der Waals surface area contributed by atoms with Crippen LogP contribution in [-0.2, 0) is 11.5 Å². The van der Waals surface area contributed by atoms with Crippen LogP contribution in [0.4, 0.5) is 5.69 Å². The fourth-order valence-corrected chi connectivity index (χ4v) is 8.04. The third-order valence-electron chi connectivity index (χ3n) is 9.30. The van der Waals surface area contributed by atoms with Gasteiger partial charge >= 0.3 is 0 Å². The molecule has 226 valence electrons. The average molecular weight is 633 g/mol. The van der Waals surface area contributed by atoms with E-state index in [-0.39, 0.29) is 0 Å². The summed E-state index contributed by atoms with van der Waals surface area (Å²) in [5, 5.41) is 2.27. The summed E-state index contributed by atoms with van der Waals surface area (Å²) in [7, 11) is 0. The number of pyridine rings is 2. The maximum absolute atomic E-state index is 7.57. The quantitative estimate of drug-likeness (QED) is 0.181. The monoisotopic (exact) mass is 632 g/mol. The molecule has 0 atom stereocenters. The van der Waals surface area contributed by atoms with Gasteiger partial charge in [-0.15, -0.1) is 0 Å². The molecule has 4 heterocycles. The van der Waals surface area contributed by atoms with Gasteiger partial charge in [0.05, 0.1) is 17.6 Å². The van der Waals surface area contributed by atoms with Crippen molar-refractivity contribution in [2.24, 2.45) is 0 Å². The van der Waals surface area contributed by atoms with Crippen molar-refractivity contribution in [2.75, 3.05) is 0 Å². The molecule has 8 aromatic rings. The number of para-hydroxylation sites is 1. The van der Waals surface area contributed by atoms with Crippen molar-refractivity contribution in [3.63, 3.8) is 0 Å². The van der Waals surface area contributed by atoms with Crippen molar-refractivity contribution in [1.29, 1.82) is 0 Å². The van der Waals surface area contributed by atoms with Crippen LogP contribution in [-0.4, -0.2) is 14.5 Å². The van der Waals surface area contributed by atoms with Gasteiger partial charge in [-0.3, -0.25) is 9.97 Å². The fraction of sp³-hybridized carbons (Fsp3) is 0.0465. The zero-order valence-electron chi connectivity index (χ0n) is 26.0. The lowest BCUT2D eigenvalue weighted by atomic mass is 9.90. The van der Waals surface area contributed by atoms with Gasteiger partial charge < -0.3 is 4.57 Å². The summed E-state index contributed by atoms with van der Waals surface area (Å²) in [6.45, 7) is 7.57. The molecule has 0 saturated heterocycles. The van der Waals surface area contributed by atoms with Gasteiger partial charge in [-0.25, -0.2) is 4.85 Å². The normalized spacial score (nSPS) is 12.3. The number of thioether (sulfide) groups is 1. The number of benzene rings is 5. The minimum absolute atomic E-state index is 0.660. The summed E-state index contributed by atoms with van der Waals surface area (Å²) in [5.41, 5.74) is 16.1. The first-order valence-electron chi connectivity index (χ1n) is 15.9.